The quantitative estimate of drug-likeness (QED) is 0.572. The molecule has 0 aliphatic heterocycles. The van der Waals surface area contributed by atoms with Crippen LogP contribution in [0.2, 0.25) is 5.02 Å². The highest BCUT2D eigenvalue weighted by Gasteiger charge is 1.74. The van der Waals surface area contributed by atoms with Crippen molar-refractivity contribution < 1.29 is 0 Å². The molecule has 54 valence electrons. The van der Waals surface area contributed by atoms with Crippen molar-refractivity contribution >= 4 is 24.0 Å². The van der Waals surface area contributed by atoms with Gasteiger partial charge in [-0.05, 0) is 12.1 Å². The first-order chi connectivity index (χ1) is 4.39. The molecular weight excluding hydrogens is 171 g/mol. The zero-order valence-electron chi connectivity index (χ0n) is 5.07. The lowest BCUT2D eigenvalue weighted by Crippen LogP contribution is -1.55. The van der Waals surface area contributed by atoms with Crippen LogP contribution in [0.1, 0.15) is 0 Å². The summed E-state index contributed by atoms with van der Waals surface area (Å²) in [6, 6.07) is 9.44. The Kier molecular flexibility index (Phi) is 9.82. The molecule has 0 heterocycles. The molecule has 0 bridgehead atoms. The van der Waals surface area contributed by atoms with E-state index in [0.717, 1.165) is 5.02 Å². The molecule has 0 aliphatic carbocycles. The fourth-order valence-electron chi connectivity index (χ4n) is 0.415. The predicted octanol–water partition coefficient (Wildman–Crippen LogP) is 2.79. The van der Waals surface area contributed by atoms with Gasteiger partial charge in [0.05, 0.1) is 0 Å². The second-order valence-electron chi connectivity index (χ2n) is 1.30. The summed E-state index contributed by atoms with van der Waals surface area (Å²) in [5, 5.41) is 12.8. The van der Waals surface area contributed by atoms with Gasteiger partial charge >= 0.3 is 0 Å². The average molecular weight is 177 g/mol. The van der Waals surface area contributed by atoms with Crippen molar-refractivity contribution in [2.75, 3.05) is 0 Å². The first-order valence-corrected chi connectivity index (χ1v) is 2.68. The lowest BCUT2D eigenvalue weighted by atomic mass is 10.4. The maximum Gasteiger partial charge on any atom is 0.0405 e. The van der Waals surface area contributed by atoms with E-state index in [-0.39, 0.29) is 12.4 Å². The molecule has 0 saturated heterocycles. The van der Waals surface area contributed by atoms with Crippen LogP contribution in [-0.2, 0) is 0 Å². The molecule has 10 heavy (non-hydrogen) atoms. The van der Waals surface area contributed by atoms with Gasteiger partial charge in [-0.15, -0.1) is 12.4 Å². The number of hydrogen-bond donors (Lipinski definition) is 0. The highest BCUT2D eigenvalue weighted by Crippen LogP contribution is 2.03. The van der Waals surface area contributed by atoms with E-state index in [1.165, 1.54) is 0 Å². The summed E-state index contributed by atoms with van der Waals surface area (Å²) in [6.07, 6.45) is 0. The van der Waals surface area contributed by atoms with Crippen molar-refractivity contribution in [1.82, 2.24) is 0 Å². The third kappa shape index (κ3) is 5.36. The summed E-state index contributed by atoms with van der Waals surface area (Å²) in [4.78, 5) is 0. The predicted molar refractivity (Wildman–Crippen MR) is 42.2 cm³/mol. The van der Waals surface area contributed by atoms with E-state index in [1.54, 1.807) is 0 Å². The summed E-state index contributed by atoms with van der Waals surface area (Å²) >= 11 is 5.54. The van der Waals surface area contributed by atoms with Gasteiger partial charge in [-0.1, -0.05) is 29.8 Å². The van der Waals surface area contributed by atoms with Gasteiger partial charge in [-0.3, -0.25) is 0 Å². The lowest BCUT2D eigenvalue weighted by Gasteiger charge is -1.80. The second-order valence-corrected chi connectivity index (χ2v) is 1.73. The number of rotatable bonds is 0. The number of halogens is 2. The Bertz CT molecular complexity index is 174. The number of benzene rings is 1. The molecule has 0 aromatic heterocycles. The molecule has 4 heteroatoms. The van der Waals surface area contributed by atoms with Crippen LogP contribution in [0.15, 0.2) is 30.3 Å². The van der Waals surface area contributed by atoms with Gasteiger partial charge in [0.15, 0.2) is 0 Å². The molecule has 1 aromatic rings. The Morgan fingerprint density at radius 1 is 1.00 bits per heavy atom. The normalized spacial score (nSPS) is 6.30. The highest BCUT2D eigenvalue weighted by molar-refractivity contribution is 6.30. The van der Waals surface area contributed by atoms with E-state index in [2.05, 4.69) is 0 Å². The van der Waals surface area contributed by atoms with Crippen molar-refractivity contribution in [2.45, 2.75) is 0 Å². The summed E-state index contributed by atoms with van der Waals surface area (Å²) < 4.78 is 0. The van der Waals surface area contributed by atoms with E-state index in [4.69, 9.17) is 22.4 Å². The molecule has 2 nitrogen and oxygen atoms in total. The summed E-state index contributed by atoms with van der Waals surface area (Å²) in [5.41, 5.74) is 0. The zero-order valence-corrected chi connectivity index (χ0v) is 6.64. The van der Waals surface area contributed by atoms with Gasteiger partial charge in [0.1, 0.15) is 0 Å². The summed E-state index contributed by atoms with van der Waals surface area (Å²) in [5.74, 6) is 0. The molecule has 0 saturated carbocycles. The Morgan fingerprint density at radius 3 is 1.60 bits per heavy atom. The molecule has 1 rings (SSSR count). The smallest absolute Gasteiger partial charge is 0.0405 e. The molecule has 1 aromatic carbocycles. The Labute approximate surface area is 70.6 Å². The molecule has 0 unspecified atom stereocenters. The van der Waals surface area contributed by atoms with Crippen molar-refractivity contribution in [1.29, 1.82) is 10.8 Å². The minimum absolute atomic E-state index is 0. The van der Waals surface area contributed by atoms with Crippen molar-refractivity contribution in [3.05, 3.63) is 35.4 Å². The van der Waals surface area contributed by atoms with Crippen LogP contribution < -0.4 is 0 Å². The van der Waals surface area contributed by atoms with E-state index in [0.29, 0.717) is 0 Å². The van der Waals surface area contributed by atoms with Crippen LogP contribution in [0, 0.1) is 10.8 Å². The van der Waals surface area contributed by atoms with E-state index in [1.807, 2.05) is 30.3 Å². The SMILES string of the molecule is Cl.Clc1ccccc1.N#N. The van der Waals surface area contributed by atoms with E-state index >= 15 is 0 Å². The van der Waals surface area contributed by atoms with E-state index < -0.39 is 0 Å². The molecule has 0 radical (unpaired) electrons. The molecule has 0 atom stereocenters. The summed E-state index contributed by atoms with van der Waals surface area (Å²) in [7, 11) is 0. The molecular formula is C6H6Cl2N2. The Morgan fingerprint density at radius 2 is 1.40 bits per heavy atom. The lowest BCUT2D eigenvalue weighted by molar-refractivity contribution is 1.15. The zero-order chi connectivity index (χ0) is 7.11. The minimum atomic E-state index is 0. The second kappa shape index (κ2) is 8.22. The van der Waals surface area contributed by atoms with Gasteiger partial charge in [0.2, 0.25) is 0 Å². The minimum Gasteiger partial charge on any atom is -0.147 e. The van der Waals surface area contributed by atoms with E-state index in [9.17, 15) is 0 Å². The van der Waals surface area contributed by atoms with Crippen molar-refractivity contribution in [2.24, 2.45) is 0 Å². The Balaban J connectivity index is 0. The fraction of sp³-hybridized carbons (Fsp3) is 0. The third-order valence-electron chi connectivity index (χ3n) is 0.733. The largest absolute Gasteiger partial charge is 0.147 e. The van der Waals surface area contributed by atoms with Gasteiger partial charge in [-0.2, -0.15) is 0 Å². The van der Waals surface area contributed by atoms with Gasteiger partial charge < -0.3 is 0 Å². The maximum atomic E-state index is 6.00. The Hall–Kier alpha value is -0.780. The third-order valence-corrected chi connectivity index (χ3v) is 0.985. The molecule has 0 spiro atoms. The fourth-order valence-corrected chi connectivity index (χ4v) is 0.560. The number of nitrogens with zero attached hydrogens (tertiary/aromatic N) is 2. The van der Waals surface area contributed by atoms with Gasteiger partial charge in [0, 0.05) is 15.8 Å². The summed E-state index contributed by atoms with van der Waals surface area (Å²) in [6.45, 7) is 0. The molecule has 0 aliphatic rings. The van der Waals surface area contributed by atoms with Crippen LogP contribution in [0.3, 0.4) is 0 Å². The molecule has 0 fully saturated rings. The first-order valence-electron chi connectivity index (χ1n) is 2.30. The van der Waals surface area contributed by atoms with Crippen LogP contribution in [0.25, 0.3) is 0 Å². The van der Waals surface area contributed by atoms with Crippen molar-refractivity contribution in [3.8, 4) is 0 Å². The van der Waals surface area contributed by atoms with Crippen LogP contribution >= 0.6 is 24.0 Å². The van der Waals surface area contributed by atoms with Crippen molar-refractivity contribution in [3.63, 3.8) is 0 Å². The average Bonchev–Trinajstić information content (AvgIpc) is 1.94. The standard InChI is InChI=1S/C6H5Cl.ClH.N2/c7-6-4-2-1-3-5-6;;1-2/h1-5H;1H;. The maximum absolute atomic E-state index is 6.00. The topological polar surface area (TPSA) is 47.6 Å². The molecule has 0 amide bonds. The monoisotopic (exact) mass is 176 g/mol. The van der Waals surface area contributed by atoms with Crippen LogP contribution in [-0.4, -0.2) is 0 Å². The highest BCUT2D eigenvalue weighted by atomic mass is 35.5. The number of hydrogen-bond acceptors (Lipinski definition) is 2. The first kappa shape index (κ1) is 12.0. The van der Waals surface area contributed by atoms with Crippen LogP contribution in [0.4, 0.5) is 0 Å². The van der Waals surface area contributed by atoms with Gasteiger partial charge in [0.25, 0.3) is 0 Å². The molecule has 0 N–H and O–H groups in total. The van der Waals surface area contributed by atoms with Gasteiger partial charge in [-0.25, -0.2) is 0 Å². The van der Waals surface area contributed by atoms with Crippen LogP contribution in [0.5, 0.6) is 0 Å².